The van der Waals surface area contributed by atoms with E-state index in [0.29, 0.717) is 32.8 Å². The van der Waals surface area contributed by atoms with Gasteiger partial charge in [-0.2, -0.15) is 0 Å². The second kappa shape index (κ2) is 7.92. The first-order chi connectivity index (χ1) is 12.1. The van der Waals surface area contributed by atoms with E-state index < -0.39 is 0 Å². The van der Waals surface area contributed by atoms with Crippen LogP contribution < -0.4 is 19.5 Å². The number of carbonyl (C=O) groups is 1. The van der Waals surface area contributed by atoms with Gasteiger partial charge < -0.3 is 19.5 Å². The molecule has 0 saturated carbocycles. The molecule has 132 valence electrons. The van der Waals surface area contributed by atoms with Gasteiger partial charge in [-0.1, -0.05) is 18.2 Å². The Hall–Kier alpha value is -2.69. The zero-order chi connectivity index (χ0) is 17.6. The van der Waals surface area contributed by atoms with Crippen LogP contribution in [0.15, 0.2) is 36.4 Å². The van der Waals surface area contributed by atoms with Crippen LogP contribution in [0, 0.1) is 13.8 Å². The van der Waals surface area contributed by atoms with E-state index in [-0.39, 0.29) is 5.91 Å². The zero-order valence-electron chi connectivity index (χ0n) is 14.6. The molecule has 0 aromatic heterocycles. The number of hydrogen-bond acceptors (Lipinski definition) is 4. The van der Waals surface area contributed by atoms with Crippen LogP contribution in [0.5, 0.6) is 17.2 Å². The number of amides is 1. The lowest BCUT2D eigenvalue weighted by Gasteiger charge is -2.19. The summed E-state index contributed by atoms with van der Waals surface area (Å²) >= 11 is 0. The van der Waals surface area contributed by atoms with Gasteiger partial charge in [0.05, 0.1) is 13.0 Å². The van der Waals surface area contributed by atoms with E-state index in [1.54, 1.807) is 0 Å². The van der Waals surface area contributed by atoms with Crippen LogP contribution >= 0.6 is 0 Å². The molecular formula is C20H23NO4. The Kier molecular flexibility index (Phi) is 5.43. The molecule has 0 aliphatic carbocycles. The second-order valence-corrected chi connectivity index (χ2v) is 6.12. The largest absolute Gasteiger partial charge is 0.493 e. The van der Waals surface area contributed by atoms with Crippen LogP contribution in [-0.4, -0.2) is 25.7 Å². The molecule has 5 nitrogen and oxygen atoms in total. The number of rotatable bonds is 6. The molecule has 1 amide bonds. The molecule has 2 aromatic rings. The van der Waals surface area contributed by atoms with E-state index in [1.807, 2.05) is 50.2 Å². The van der Waals surface area contributed by atoms with Crippen LogP contribution in [0.25, 0.3) is 0 Å². The summed E-state index contributed by atoms with van der Waals surface area (Å²) in [5.41, 5.74) is 3.19. The first-order valence-electron chi connectivity index (χ1n) is 8.47. The van der Waals surface area contributed by atoms with Crippen molar-refractivity contribution in [3.8, 4) is 17.2 Å². The predicted molar refractivity (Wildman–Crippen MR) is 95.3 cm³/mol. The minimum atomic E-state index is -0.0415. The summed E-state index contributed by atoms with van der Waals surface area (Å²) in [6, 6.07) is 11.8. The lowest BCUT2D eigenvalue weighted by atomic mass is 10.1. The van der Waals surface area contributed by atoms with Crippen molar-refractivity contribution in [3.63, 3.8) is 0 Å². The Balaban J connectivity index is 1.44. The molecule has 0 saturated heterocycles. The molecule has 0 radical (unpaired) electrons. The number of hydrogen-bond donors (Lipinski definition) is 1. The van der Waals surface area contributed by atoms with Crippen LogP contribution in [0.3, 0.4) is 0 Å². The highest BCUT2D eigenvalue weighted by molar-refractivity contribution is 5.76. The van der Waals surface area contributed by atoms with Gasteiger partial charge in [-0.05, 0) is 48.7 Å². The predicted octanol–water partition coefficient (Wildman–Crippen LogP) is 3.16. The van der Waals surface area contributed by atoms with Gasteiger partial charge >= 0.3 is 0 Å². The number of aryl methyl sites for hydroxylation is 2. The minimum Gasteiger partial charge on any atom is -0.493 e. The van der Waals surface area contributed by atoms with Gasteiger partial charge in [0.15, 0.2) is 11.5 Å². The Morgan fingerprint density at radius 2 is 1.88 bits per heavy atom. The molecule has 2 aromatic carbocycles. The summed E-state index contributed by atoms with van der Waals surface area (Å²) in [7, 11) is 0. The zero-order valence-corrected chi connectivity index (χ0v) is 14.6. The summed E-state index contributed by atoms with van der Waals surface area (Å²) in [4.78, 5) is 12.0. The van der Waals surface area contributed by atoms with Gasteiger partial charge in [-0.25, -0.2) is 0 Å². The second-order valence-electron chi connectivity index (χ2n) is 6.12. The van der Waals surface area contributed by atoms with Gasteiger partial charge in [-0.15, -0.1) is 0 Å². The minimum absolute atomic E-state index is 0.0415. The Morgan fingerprint density at radius 3 is 2.72 bits per heavy atom. The van der Waals surface area contributed by atoms with E-state index in [2.05, 4.69) is 5.32 Å². The van der Waals surface area contributed by atoms with Crippen molar-refractivity contribution in [3.05, 3.63) is 53.1 Å². The quantitative estimate of drug-likeness (QED) is 0.877. The molecule has 0 bridgehead atoms. The van der Waals surface area contributed by atoms with Crippen molar-refractivity contribution in [2.24, 2.45) is 0 Å². The van der Waals surface area contributed by atoms with Gasteiger partial charge in [-0.3, -0.25) is 4.79 Å². The first-order valence-corrected chi connectivity index (χ1v) is 8.47. The fraction of sp³-hybridized carbons (Fsp3) is 0.350. The summed E-state index contributed by atoms with van der Waals surface area (Å²) in [6.07, 6.45) is 0.317. The molecule has 1 N–H and O–H groups in total. The monoisotopic (exact) mass is 341 g/mol. The summed E-state index contributed by atoms with van der Waals surface area (Å²) in [6.45, 7) is 5.96. The van der Waals surface area contributed by atoms with Crippen molar-refractivity contribution in [1.82, 2.24) is 5.32 Å². The average Bonchev–Trinajstić information content (AvgIpc) is 2.62. The first kappa shape index (κ1) is 17.1. The fourth-order valence-corrected chi connectivity index (χ4v) is 2.60. The number of fused-ring (bicyclic) bond motifs is 1. The smallest absolute Gasteiger partial charge is 0.223 e. The van der Waals surface area contributed by atoms with Gasteiger partial charge in [0.2, 0.25) is 5.91 Å². The maximum Gasteiger partial charge on any atom is 0.223 e. The molecule has 0 spiro atoms. The molecule has 1 heterocycles. The average molecular weight is 341 g/mol. The van der Waals surface area contributed by atoms with Crippen LogP contribution in [-0.2, 0) is 11.3 Å². The van der Waals surface area contributed by atoms with Gasteiger partial charge in [0.1, 0.15) is 19.0 Å². The topological polar surface area (TPSA) is 56.8 Å². The summed E-state index contributed by atoms with van der Waals surface area (Å²) in [5.74, 6) is 2.28. The highest BCUT2D eigenvalue weighted by Crippen LogP contribution is 2.30. The molecule has 0 fully saturated rings. The van der Waals surface area contributed by atoms with Crippen molar-refractivity contribution >= 4 is 5.91 Å². The number of nitrogens with one attached hydrogen (secondary N) is 1. The maximum absolute atomic E-state index is 12.0. The third-order valence-corrected chi connectivity index (χ3v) is 4.03. The molecule has 5 heteroatoms. The van der Waals surface area contributed by atoms with Gasteiger partial charge in [0.25, 0.3) is 0 Å². The Bertz CT molecular complexity index is 757. The molecule has 1 aliphatic rings. The van der Waals surface area contributed by atoms with Gasteiger partial charge in [0, 0.05) is 6.54 Å². The summed E-state index contributed by atoms with van der Waals surface area (Å²) in [5, 5.41) is 2.90. The molecule has 1 aliphatic heterocycles. The van der Waals surface area contributed by atoms with Crippen molar-refractivity contribution in [1.29, 1.82) is 0 Å². The number of carbonyl (C=O) groups excluding carboxylic acids is 1. The fourth-order valence-electron chi connectivity index (χ4n) is 2.60. The summed E-state index contributed by atoms with van der Waals surface area (Å²) < 4.78 is 16.8. The third-order valence-electron chi connectivity index (χ3n) is 4.03. The number of ether oxygens (including phenoxy) is 3. The molecule has 0 unspecified atom stereocenters. The van der Waals surface area contributed by atoms with Crippen molar-refractivity contribution < 1.29 is 19.0 Å². The normalized spacial score (nSPS) is 12.6. The van der Waals surface area contributed by atoms with Crippen LogP contribution in [0.4, 0.5) is 0 Å². The Labute approximate surface area is 147 Å². The van der Waals surface area contributed by atoms with E-state index in [9.17, 15) is 4.79 Å². The standard InChI is InChI=1S/C20H23NO4/c1-14-3-4-15(2)18(11-14)23-8-7-20(22)21-13-16-5-6-17-19(12-16)25-10-9-24-17/h3-6,11-12H,7-10,13H2,1-2H3,(H,21,22). The number of benzene rings is 2. The van der Waals surface area contributed by atoms with Crippen LogP contribution in [0.1, 0.15) is 23.1 Å². The van der Waals surface area contributed by atoms with E-state index in [1.165, 1.54) is 0 Å². The lowest BCUT2D eigenvalue weighted by Crippen LogP contribution is -2.24. The maximum atomic E-state index is 12.0. The van der Waals surface area contributed by atoms with E-state index in [0.717, 1.165) is 33.9 Å². The third kappa shape index (κ3) is 4.66. The molecular weight excluding hydrogens is 318 g/mol. The van der Waals surface area contributed by atoms with Crippen molar-refractivity contribution in [2.45, 2.75) is 26.8 Å². The molecule has 0 atom stereocenters. The highest BCUT2D eigenvalue weighted by Gasteiger charge is 2.12. The highest BCUT2D eigenvalue weighted by atomic mass is 16.6. The van der Waals surface area contributed by atoms with Crippen molar-refractivity contribution in [2.75, 3.05) is 19.8 Å². The van der Waals surface area contributed by atoms with Crippen LogP contribution in [0.2, 0.25) is 0 Å². The molecule has 3 rings (SSSR count). The van der Waals surface area contributed by atoms with E-state index in [4.69, 9.17) is 14.2 Å². The van der Waals surface area contributed by atoms with E-state index >= 15 is 0 Å². The Morgan fingerprint density at radius 1 is 1.08 bits per heavy atom. The SMILES string of the molecule is Cc1ccc(C)c(OCCC(=O)NCc2ccc3c(c2)OCCO3)c1. The lowest BCUT2D eigenvalue weighted by molar-refractivity contribution is -0.121. The molecule has 25 heavy (non-hydrogen) atoms.